The van der Waals surface area contributed by atoms with Gasteiger partial charge < -0.3 is 19.7 Å². The van der Waals surface area contributed by atoms with E-state index < -0.39 is 8.07 Å². The monoisotopic (exact) mass is 306 g/mol. The second kappa shape index (κ2) is 6.58. The van der Waals surface area contributed by atoms with Crippen molar-refractivity contribution in [1.29, 1.82) is 0 Å². The second-order valence-electron chi connectivity index (χ2n) is 6.61. The lowest BCUT2D eigenvalue weighted by molar-refractivity contribution is -0.0440. The lowest BCUT2D eigenvalue weighted by atomic mass is 10.2. The molecule has 3 rings (SSSR count). The van der Waals surface area contributed by atoms with Crippen molar-refractivity contribution in [2.75, 3.05) is 45.6 Å². The maximum absolute atomic E-state index is 5.63. The van der Waals surface area contributed by atoms with Crippen molar-refractivity contribution >= 4 is 13.3 Å². The van der Waals surface area contributed by atoms with Crippen LogP contribution in [0.4, 0.5) is 0 Å². The number of nitrogens with zero attached hydrogens (tertiary/aromatic N) is 1. The molecule has 116 valence electrons. The molecule has 0 aliphatic carbocycles. The van der Waals surface area contributed by atoms with Gasteiger partial charge in [-0.2, -0.15) is 0 Å². The van der Waals surface area contributed by atoms with Gasteiger partial charge >= 0.3 is 0 Å². The Balaban J connectivity index is 1.72. The third-order valence-corrected chi connectivity index (χ3v) is 7.50. The zero-order valence-electron chi connectivity index (χ0n) is 13.1. The lowest BCUT2D eigenvalue weighted by Crippen LogP contribution is -2.55. The zero-order valence-corrected chi connectivity index (χ0v) is 14.1. The van der Waals surface area contributed by atoms with Gasteiger partial charge in [0.05, 0.1) is 21.3 Å². The molecule has 0 unspecified atom stereocenters. The first kappa shape index (κ1) is 15.2. The van der Waals surface area contributed by atoms with Crippen molar-refractivity contribution in [2.45, 2.75) is 19.4 Å². The first-order valence-electron chi connectivity index (χ1n) is 7.92. The molecule has 1 N–H and O–H groups in total. The van der Waals surface area contributed by atoms with Gasteiger partial charge in [0.25, 0.3) is 0 Å². The Hall–Kier alpha value is -0.723. The summed E-state index contributed by atoms with van der Waals surface area (Å²) in [4.78, 5) is 2.61. The van der Waals surface area contributed by atoms with Gasteiger partial charge in [0.2, 0.25) is 0 Å². The number of hydrogen-bond acceptors (Lipinski definition) is 4. The van der Waals surface area contributed by atoms with E-state index in [0.29, 0.717) is 13.2 Å². The normalized spacial score (nSPS) is 21.8. The van der Waals surface area contributed by atoms with Crippen molar-refractivity contribution in [2.24, 2.45) is 0 Å². The summed E-state index contributed by atoms with van der Waals surface area (Å²) in [5, 5.41) is 4.92. The number of benzene rings is 1. The molecule has 0 bridgehead atoms. The van der Waals surface area contributed by atoms with Crippen LogP contribution in [0.25, 0.3) is 0 Å². The van der Waals surface area contributed by atoms with E-state index >= 15 is 0 Å². The van der Waals surface area contributed by atoms with Crippen LogP contribution in [0.1, 0.15) is 11.9 Å². The maximum atomic E-state index is 5.63. The molecule has 2 aliphatic rings. The summed E-state index contributed by atoms with van der Waals surface area (Å²) in [7, 11) is -1.46. The lowest BCUT2D eigenvalue weighted by Gasteiger charge is -2.34. The third kappa shape index (κ3) is 3.73. The predicted octanol–water partition coefficient (Wildman–Crippen LogP) is 1.09. The Morgan fingerprint density at radius 1 is 1.19 bits per heavy atom. The smallest absolute Gasteiger partial charge is 0.184 e. The van der Waals surface area contributed by atoms with Gasteiger partial charge in [-0.3, -0.25) is 0 Å². The van der Waals surface area contributed by atoms with Crippen LogP contribution in [-0.2, 0) is 9.47 Å². The van der Waals surface area contributed by atoms with Crippen LogP contribution in [0.2, 0.25) is 13.1 Å². The number of piperazine rings is 1. The van der Waals surface area contributed by atoms with Crippen molar-refractivity contribution in [1.82, 2.24) is 10.2 Å². The summed E-state index contributed by atoms with van der Waals surface area (Å²) in [6.07, 6.45) is 1.07. The highest BCUT2D eigenvalue weighted by Crippen LogP contribution is 2.22. The van der Waals surface area contributed by atoms with Crippen LogP contribution in [0, 0.1) is 0 Å². The Kier molecular flexibility index (Phi) is 4.76. The van der Waals surface area contributed by atoms with E-state index in [1.807, 2.05) is 0 Å². The molecule has 0 saturated carbocycles. The summed E-state index contributed by atoms with van der Waals surface area (Å²) in [6, 6.07) is 8.87. The molecule has 1 aromatic rings. The van der Waals surface area contributed by atoms with Gasteiger partial charge in [-0.05, 0) is 6.17 Å². The Morgan fingerprint density at radius 3 is 2.62 bits per heavy atom. The predicted molar refractivity (Wildman–Crippen MR) is 87.5 cm³/mol. The van der Waals surface area contributed by atoms with E-state index in [4.69, 9.17) is 9.47 Å². The molecule has 0 aromatic heterocycles. The highest BCUT2D eigenvalue weighted by Gasteiger charge is 2.28. The van der Waals surface area contributed by atoms with Crippen molar-refractivity contribution in [3.05, 3.63) is 29.8 Å². The van der Waals surface area contributed by atoms with Gasteiger partial charge in [-0.15, -0.1) is 0 Å². The first-order valence-corrected chi connectivity index (χ1v) is 11.1. The molecule has 1 aromatic carbocycles. The minimum atomic E-state index is -1.46. The quantitative estimate of drug-likeness (QED) is 0.845. The fourth-order valence-corrected chi connectivity index (χ4v) is 5.90. The standard InChI is InChI=1S/C16H26N2O2Si/c1-21(2,13-18-8-6-17-7-9-18)15-5-3-4-14(12-15)16-19-10-11-20-16/h3-5,12,16-17H,6-11,13H2,1-2H3. The van der Waals surface area contributed by atoms with Gasteiger partial charge in [0.15, 0.2) is 6.29 Å². The largest absolute Gasteiger partial charge is 0.346 e. The average Bonchev–Trinajstić information content (AvgIpc) is 3.02. The SMILES string of the molecule is C[Si](C)(CN1CCNCC1)c1cccc(C2OCCO2)c1. The number of ether oxygens (including phenoxy) is 2. The molecule has 2 fully saturated rings. The first-order chi connectivity index (χ1) is 10.1. The number of nitrogens with one attached hydrogen (secondary N) is 1. The molecule has 21 heavy (non-hydrogen) atoms. The van der Waals surface area contributed by atoms with Crippen molar-refractivity contribution in [3.63, 3.8) is 0 Å². The summed E-state index contributed by atoms with van der Waals surface area (Å²) in [5.74, 6) is 0. The molecule has 5 heteroatoms. The molecule has 0 spiro atoms. The third-order valence-electron chi connectivity index (χ3n) is 4.39. The molecule has 0 amide bonds. The second-order valence-corrected chi connectivity index (χ2v) is 11.3. The highest BCUT2D eigenvalue weighted by atomic mass is 28.3. The molecular weight excluding hydrogens is 280 g/mol. The van der Waals surface area contributed by atoms with Gasteiger partial charge in [-0.1, -0.05) is 42.5 Å². The number of hydrogen-bond donors (Lipinski definition) is 1. The van der Waals surface area contributed by atoms with Crippen molar-refractivity contribution < 1.29 is 9.47 Å². The summed E-state index contributed by atoms with van der Waals surface area (Å²) in [5.41, 5.74) is 1.17. The van der Waals surface area contributed by atoms with Crippen LogP contribution >= 0.6 is 0 Å². The maximum Gasteiger partial charge on any atom is 0.184 e. The molecule has 2 saturated heterocycles. The molecule has 2 heterocycles. The van der Waals surface area contributed by atoms with Crippen LogP contribution in [0.15, 0.2) is 24.3 Å². The average molecular weight is 306 g/mol. The van der Waals surface area contributed by atoms with Crippen LogP contribution in [0.5, 0.6) is 0 Å². The molecule has 4 nitrogen and oxygen atoms in total. The fraction of sp³-hybridized carbons (Fsp3) is 0.625. The summed E-state index contributed by atoms with van der Waals surface area (Å²) >= 11 is 0. The minimum absolute atomic E-state index is 0.158. The number of rotatable bonds is 4. The minimum Gasteiger partial charge on any atom is -0.346 e. The van der Waals surface area contributed by atoms with E-state index in [0.717, 1.165) is 13.1 Å². The Bertz CT molecular complexity index is 469. The van der Waals surface area contributed by atoms with E-state index in [2.05, 4.69) is 47.6 Å². The van der Waals surface area contributed by atoms with Crippen LogP contribution < -0.4 is 10.5 Å². The van der Waals surface area contributed by atoms with E-state index in [1.165, 1.54) is 30.0 Å². The highest BCUT2D eigenvalue weighted by molar-refractivity contribution is 6.90. The van der Waals surface area contributed by atoms with E-state index in [1.54, 1.807) is 0 Å². The van der Waals surface area contributed by atoms with Gasteiger partial charge in [0.1, 0.15) is 0 Å². The van der Waals surface area contributed by atoms with Gasteiger partial charge in [0, 0.05) is 31.7 Å². The van der Waals surface area contributed by atoms with Crippen molar-refractivity contribution in [3.8, 4) is 0 Å². The molecule has 2 aliphatic heterocycles. The van der Waals surface area contributed by atoms with E-state index in [-0.39, 0.29) is 6.29 Å². The van der Waals surface area contributed by atoms with E-state index in [9.17, 15) is 0 Å². The topological polar surface area (TPSA) is 33.7 Å². The van der Waals surface area contributed by atoms with Crippen LogP contribution in [0.3, 0.4) is 0 Å². The molecular formula is C16H26N2O2Si. The van der Waals surface area contributed by atoms with Gasteiger partial charge in [-0.25, -0.2) is 0 Å². The Labute approximate surface area is 128 Å². The molecule has 0 atom stereocenters. The van der Waals surface area contributed by atoms with Crippen LogP contribution in [-0.4, -0.2) is 58.5 Å². The zero-order chi connectivity index (χ0) is 14.7. The Morgan fingerprint density at radius 2 is 1.90 bits per heavy atom. The summed E-state index contributed by atoms with van der Waals surface area (Å²) in [6.45, 7) is 10.9. The fourth-order valence-electron chi connectivity index (χ4n) is 3.18. The summed E-state index contributed by atoms with van der Waals surface area (Å²) < 4.78 is 11.3. The molecule has 0 radical (unpaired) electrons.